The molecule has 0 radical (unpaired) electrons. The monoisotopic (exact) mass is 393 g/mol. The van der Waals surface area contributed by atoms with E-state index in [0.717, 1.165) is 0 Å². The van der Waals surface area contributed by atoms with E-state index in [4.69, 9.17) is 0 Å². The van der Waals surface area contributed by atoms with Crippen molar-refractivity contribution in [1.29, 1.82) is 0 Å². The van der Waals surface area contributed by atoms with Gasteiger partial charge in [-0.3, -0.25) is 9.59 Å². The van der Waals surface area contributed by atoms with Crippen molar-refractivity contribution >= 4 is 22.4 Å². The molecule has 3 N–H and O–H groups in total. The quantitative estimate of drug-likeness (QED) is 0.573. The Morgan fingerprint density at radius 3 is 2.59 bits per heavy atom. The van der Waals surface area contributed by atoms with Crippen molar-refractivity contribution < 1.29 is 9.90 Å². The zero-order valence-corrected chi connectivity index (χ0v) is 15.4. The molecule has 1 aliphatic heterocycles. The molecule has 0 spiro atoms. The van der Waals surface area contributed by atoms with Crippen molar-refractivity contribution in [3.63, 3.8) is 0 Å². The van der Waals surface area contributed by atoms with Gasteiger partial charge in [0, 0.05) is 11.9 Å². The molecule has 1 amide bonds. The predicted molar refractivity (Wildman–Crippen MR) is 106 cm³/mol. The largest absolute Gasteiger partial charge is 0.354 e. The van der Waals surface area contributed by atoms with Gasteiger partial charge in [-0.25, -0.2) is 10.1 Å². The molecule has 29 heavy (non-hydrogen) atoms. The molecule has 0 saturated carbocycles. The Hall–Kier alpha value is -3.79. The van der Waals surface area contributed by atoms with Gasteiger partial charge in [0.15, 0.2) is 0 Å². The predicted octanol–water partition coefficient (Wildman–Crippen LogP) is 0.962. The lowest BCUT2D eigenvalue weighted by Crippen LogP contribution is -2.42. The highest BCUT2D eigenvalue weighted by Gasteiger charge is 2.28. The standard InChI is InChI=1S/C19H19N7O3/c27-17(12-16-14-8-4-5-9-15(14)18(28)22-21-16)20-10-11-25-19(29)26(24-23-25)13-6-2-1-3-7-13/h1-9,19,29H,10-12H2,(H,20,27)(H,22,28). The van der Waals surface area contributed by atoms with Gasteiger partial charge in [-0.2, -0.15) is 10.1 Å². The highest BCUT2D eigenvalue weighted by molar-refractivity contribution is 5.88. The summed E-state index contributed by atoms with van der Waals surface area (Å²) in [5.41, 5.74) is 0.918. The number of H-pyrrole nitrogens is 1. The molecule has 0 aliphatic carbocycles. The molecule has 2 heterocycles. The second-order valence-corrected chi connectivity index (χ2v) is 6.44. The molecule has 1 aliphatic rings. The molecule has 3 aromatic rings. The molecule has 4 rings (SSSR count). The van der Waals surface area contributed by atoms with Gasteiger partial charge in [0.2, 0.25) is 12.3 Å². The van der Waals surface area contributed by atoms with Crippen LogP contribution in [0, 0.1) is 0 Å². The van der Waals surface area contributed by atoms with Gasteiger partial charge in [0.25, 0.3) is 5.56 Å². The van der Waals surface area contributed by atoms with E-state index >= 15 is 0 Å². The Balaban J connectivity index is 1.32. The summed E-state index contributed by atoms with van der Waals surface area (Å²) in [7, 11) is 0. The molecule has 0 saturated heterocycles. The van der Waals surface area contributed by atoms with Crippen LogP contribution in [0.15, 0.2) is 69.8 Å². The van der Waals surface area contributed by atoms with Crippen LogP contribution in [-0.2, 0) is 11.2 Å². The summed E-state index contributed by atoms with van der Waals surface area (Å²) in [5, 5.41) is 31.3. The topological polar surface area (TPSA) is 126 Å². The number of carbonyl (C=O) groups excluding carboxylic acids is 1. The first-order valence-corrected chi connectivity index (χ1v) is 9.07. The average Bonchev–Trinajstić information content (AvgIpc) is 3.11. The van der Waals surface area contributed by atoms with Crippen molar-refractivity contribution in [1.82, 2.24) is 20.5 Å². The number of nitrogens with one attached hydrogen (secondary N) is 2. The highest BCUT2D eigenvalue weighted by atomic mass is 16.3. The van der Waals surface area contributed by atoms with Crippen molar-refractivity contribution in [2.45, 2.75) is 12.8 Å². The van der Waals surface area contributed by atoms with E-state index in [1.165, 1.54) is 10.0 Å². The lowest BCUT2D eigenvalue weighted by atomic mass is 10.1. The summed E-state index contributed by atoms with van der Waals surface area (Å²) >= 11 is 0. The van der Waals surface area contributed by atoms with Crippen LogP contribution in [0.3, 0.4) is 0 Å². The van der Waals surface area contributed by atoms with Crippen LogP contribution in [0.5, 0.6) is 0 Å². The summed E-state index contributed by atoms with van der Waals surface area (Å²) in [6, 6.07) is 16.2. The number of benzene rings is 2. The zero-order valence-electron chi connectivity index (χ0n) is 15.4. The number of aromatic amines is 1. The van der Waals surface area contributed by atoms with Crippen LogP contribution >= 0.6 is 0 Å². The Morgan fingerprint density at radius 1 is 1.07 bits per heavy atom. The lowest BCUT2D eigenvalue weighted by molar-refractivity contribution is -0.120. The van der Waals surface area contributed by atoms with Crippen LogP contribution in [0.1, 0.15) is 5.69 Å². The highest BCUT2D eigenvalue weighted by Crippen LogP contribution is 2.22. The van der Waals surface area contributed by atoms with Crippen LogP contribution in [0.4, 0.5) is 5.69 Å². The van der Waals surface area contributed by atoms with Crippen molar-refractivity contribution in [2.75, 3.05) is 18.1 Å². The van der Waals surface area contributed by atoms with Crippen LogP contribution in [-0.4, -0.2) is 45.7 Å². The molecule has 1 unspecified atom stereocenters. The molecule has 148 valence electrons. The number of aliphatic hydroxyl groups is 1. The van der Waals surface area contributed by atoms with Gasteiger partial charge in [0.05, 0.1) is 29.7 Å². The molecular formula is C19H19N7O3. The molecule has 10 nitrogen and oxygen atoms in total. The van der Waals surface area contributed by atoms with Gasteiger partial charge >= 0.3 is 0 Å². The fourth-order valence-corrected chi connectivity index (χ4v) is 3.07. The molecule has 0 bridgehead atoms. The van der Waals surface area contributed by atoms with E-state index < -0.39 is 6.35 Å². The van der Waals surface area contributed by atoms with E-state index in [1.54, 1.807) is 24.3 Å². The Bertz CT molecular complexity index is 1100. The SMILES string of the molecule is O=C(Cc1n[nH]c(=O)c2ccccc12)NCCN1N=NN(c2ccccc2)C1O. The fraction of sp³-hybridized carbons (Fsp3) is 0.211. The average molecular weight is 393 g/mol. The number of aliphatic hydroxyl groups excluding tert-OH is 1. The molecule has 1 atom stereocenters. The molecule has 10 heteroatoms. The third-order valence-electron chi connectivity index (χ3n) is 4.52. The molecular weight excluding hydrogens is 374 g/mol. The molecule has 0 fully saturated rings. The molecule has 1 aromatic heterocycles. The number of aromatic nitrogens is 2. The summed E-state index contributed by atoms with van der Waals surface area (Å²) in [4.78, 5) is 24.1. The van der Waals surface area contributed by atoms with Gasteiger partial charge in [-0.05, 0) is 28.6 Å². The van der Waals surface area contributed by atoms with Crippen LogP contribution in [0.25, 0.3) is 10.8 Å². The minimum Gasteiger partial charge on any atom is -0.354 e. The maximum absolute atomic E-state index is 12.3. The Morgan fingerprint density at radius 2 is 1.79 bits per heavy atom. The Labute approximate surface area is 165 Å². The first-order valence-electron chi connectivity index (χ1n) is 9.07. The number of hydrogen-bond donors (Lipinski definition) is 3. The second kappa shape index (κ2) is 8.07. The summed E-state index contributed by atoms with van der Waals surface area (Å²) in [6.07, 6.45) is -1.02. The van der Waals surface area contributed by atoms with Crippen LogP contribution < -0.4 is 15.9 Å². The number of rotatable bonds is 6. The van der Waals surface area contributed by atoms with E-state index in [0.29, 0.717) is 22.2 Å². The normalized spacial score (nSPS) is 15.8. The number of nitrogens with zero attached hydrogens (tertiary/aromatic N) is 5. The van der Waals surface area contributed by atoms with Gasteiger partial charge < -0.3 is 10.4 Å². The first kappa shape index (κ1) is 18.6. The maximum Gasteiger partial charge on any atom is 0.272 e. The van der Waals surface area contributed by atoms with E-state index in [-0.39, 0.29) is 31.0 Å². The smallest absolute Gasteiger partial charge is 0.272 e. The third kappa shape index (κ3) is 3.92. The summed E-state index contributed by atoms with van der Waals surface area (Å²) < 4.78 is 0. The number of anilines is 1. The third-order valence-corrected chi connectivity index (χ3v) is 4.52. The minimum atomic E-state index is -1.04. The summed E-state index contributed by atoms with van der Waals surface area (Å²) in [5.74, 6) is -0.250. The van der Waals surface area contributed by atoms with Gasteiger partial charge in [-0.1, -0.05) is 36.4 Å². The summed E-state index contributed by atoms with van der Waals surface area (Å²) in [6.45, 7) is 0.540. The van der Waals surface area contributed by atoms with Crippen molar-refractivity contribution in [3.05, 3.63) is 70.6 Å². The van der Waals surface area contributed by atoms with Crippen molar-refractivity contribution in [2.24, 2.45) is 10.4 Å². The molecule has 2 aromatic carbocycles. The van der Waals surface area contributed by atoms with E-state index in [1.807, 2.05) is 30.3 Å². The maximum atomic E-state index is 12.3. The van der Waals surface area contributed by atoms with Gasteiger partial charge in [-0.15, -0.1) is 0 Å². The fourth-order valence-electron chi connectivity index (χ4n) is 3.07. The minimum absolute atomic E-state index is 0.0253. The number of fused-ring (bicyclic) bond motifs is 1. The zero-order chi connectivity index (χ0) is 20.2. The van der Waals surface area contributed by atoms with Crippen LogP contribution in [0.2, 0.25) is 0 Å². The number of hydrogen-bond acceptors (Lipinski definition) is 8. The van der Waals surface area contributed by atoms with Crippen molar-refractivity contribution in [3.8, 4) is 0 Å². The second-order valence-electron chi connectivity index (χ2n) is 6.44. The van der Waals surface area contributed by atoms with E-state index in [2.05, 4.69) is 26.0 Å². The number of carbonyl (C=O) groups is 1. The first-order chi connectivity index (χ1) is 14.1. The number of amides is 1. The lowest BCUT2D eigenvalue weighted by Gasteiger charge is -2.23. The Kier molecular flexibility index (Phi) is 5.16. The van der Waals surface area contributed by atoms with E-state index in [9.17, 15) is 14.7 Å². The van der Waals surface area contributed by atoms with Gasteiger partial charge in [0.1, 0.15) is 0 Å². The number of para-hydroxylation sites is 1.